The first-order valence-electron chi connectivity index (χ1n) is 8.59. The second-order valence-electron chi connectivity index (χ2n) is 6.28. The zero-order chi connectivity index (χ0) is 16.8. The monoisotopic (exact) mass is 326 g/mol. The Morgan fingerprint density at radius 1 is 1.33 bits per heavy atom. The molecule has 0 aliphatic carbocycles. The summed E-state index contributed by atoms with van der Waals surface area (Å²) in [5, 5.41) is 4.65. The number of likely N-dealkylation sites (tertiary alicyclic amines) is 1. The molecule has 0 spiro atoms. The Morgan fingerprint density at radius 2 is 2.21 bits per heavy atom. The molecule has 1 fully saturated rings. The Balaban J connectivity index is 1.52. The van der Waals surface area contributed by atoms with E-state index in [0.29, 0.717) is 5.92 Å². The summed E-state index contributed by atoms with van der Waals surface area (Å²) in [7, 11) is 3.62. The summed E-state index contributed by atoms with van der Waals surface area (Å²) in [6.45, 7) is 3.72. The normalized spacial score (nSPS) is 18.3. The summed E-state index contributed by atoms with van der Waals surface area (Å²) >= 11 is 0. The molecule has 1 atom stereocenters. The van der Waals surface area contributed by atoms with Gasteiger partial charge in [-0.05, 0) is 18.6 Å². The van der Waals surface area contributed by atoms with Crippen LogP contribution in [0.2, 0.25) is 0 Å². The second-order valence-corrected chi connectivity index (χ2v) is 6.28. The van der Waals surface area contributed by atoms with Crippen molar-refractivity contribution >= 4 is 16.9 Å². The Kier molecular flexibility index (Phi) is 5.64. The average Bonchev–Trinajstić information content (AvgIpc) is 3.07. The van der Waals surface area contributed by atoms with Crippen LogP contribution in [-0.4, -0.2) is 56.2 Å². The van der Waals surface area contributed by atoms with Gasteiger partial charge >= 0.3 is 0 Å². The molecular formula is C19H26N4O. The summed E-state index contributed by atoms with van der Waals surface area (Å²) in [6, 6.07) is 12.5. The van der Waals surface area contributed by atoms with Crippen molar-refractivity contribution in [2.45, 2.75) is 12.8 Å². The quantitative estimate of drug-likeness (QED) is 0.677. The van der Waals surface area contributed by atoms with Crippen LogP contribution in [-0.2, 0) is 11.2 Å². The molecular weight excluding hydrogens is 300 g/mol. The molecule has 3 rings (SSSR count). The number of nitrogens with zero attached hydrogens (tertiary/aromatic N) is 3. The van der Waals surface area contributed by atoms with Crippen LogP contribution in [0.3, 0.4) is 0 Å². The number of hydrogen-bond acceptors (Lipinski definition) is 3. The third-order valence-corrected chi connectivity index (χ3v) is 4.52. The molecule has 2 heterocycles. The van der Waals surface area contributed by atoms with E-state index in [4.69, 9.17) is 9.72 Å². The minimum Gasteiger partial charge on any atom is -0.384 e. The fourth-order valence-electron chi connectivity index (χ4n) is 3.28. The zero-order valence-electron chi connectivity index (χ0n) is 14.5. The Bertz CT molecular complexity index is 701. The van der Waals surface area contributed by atoms with Crippen molar-refractivity contribution < 1.29 is 4.74 Å². The molecule has 1 unspecified atom stereocenters. The molecule has 1 aliphatic heterocycles. The summed E-state index contributed by atoms with van der Waals surface area (Å²) in [4.78, 5) is 11.5. The van der Waals surface area contributed by atoms with Crippen LogP contribution < -0.4 is 5.32 Å². The van der Waals surface area contributed by atoms with Crippen LogP contribution in [0.1, 0.15) is 12.1 Å². The van der Waals surface area contributed by atoms with Crippen molar-refractivity contribution in [3.05, 3.63) is 42.1 Å². The van der Waals surface area contributed by atoms with E-state index in [1.807, 2.05) is 19.2 Å². The topological polar surface area (TPSA) is 49.8 Å². The highest BCUT2D eigenvalue weighted by Gasteiger charge is 2.24. The van der Waals surface area contributed by atoms with E-state index < -0.39 is 0 Å². The lowest BCUT2D eigenvalue weighted by molar-refractivity contribution is 0.157. The molecule has 0 saturated carbocycles. The Hall–Kier alpha value is -2.14. The Labute approximate surface area is 143 Å². The van der Waals surface area contributed by atoms with Gasteiger partial charge < -0.3 is 15.0 Å². The molecule has 2 aromatic rings. The number of benzene rings is 1. The van der Waals surface area contributed by atoms with Gasteiger partial charge in [0.25, 0.3) is 0 Å². The number of para-hydroxylation sites is 1. The van der Waals surface area contributed by atoms with Crippen LogP contribution in [0.15, 0.2) is 41.4 Å². The molecule has 0 amide bonds. The van der Waals surface area contributed by atoms with Crippen molar-refractivity contribution in [3.8, 4) is 0 Å². The van der Waals surface area contributed by atoms with Crippen LogP contribution in [0.5, 0.6) is 0 Å². The third-order valence-electron chi connectivity index (χ3n) is 4.52. The average molecular weight is 326 g/mol. The highest BCUT2D eigenvalue weighted by atomic mass is 16.5. The molecule has 128 valence electrons. The third kappa shape index (κ3) is 4.03. The van der Waals surface area contributed by atoms with E-state index in [1.165, 1.54) is 11.8 Å². The van der Waals surface area contributed by atoms with Crippen LogP contribution in [0, 0.1) is 5.92 Å². The van der Waals surface area contributed by atoms with Gasteiger partial charge in [0.2, 0.25) is 0 Å². The van der Waals surface area contributed by atoms with E-state index in [1.54, 1.807) is 7.11 Å². The minimum absolute atomic E-state index is 0.607. The molecule has 1 saturated heterocycles. The number of nitrogens with one attached hydrogen (secondary N) is 1. The molecule has 24 heavy (non-hydrogen) atoms. The standard InChI is InChI=1S/C19H26N4O/c1-20-19(23-12-10-15(13-23)14-24-2)21-11-9-17-8-7-16-5-3-4-6-18(16)22-17/h3-8,15H,9-14H2,1-2H3,(H,20,21). The molecule has 5 nitrogen and oxygen atoms in total. The lowest BCUT2D eigenvalue weighted by Crippen LogP contribution is -2.41. The maximum absolute atomic E-state index is 5.27. The van der Waals surface area contributed by atoms with E-state index in [-0.39, 0.29) is 0 Å². The smallest absolute Gasteiger partial charge is 0.193 e. The summed E-state index contributed by atoms with van der Waals surface area (Å²) in [5.74, 6) is 1.59. The number of hydrogen-bond donors (Lipinski definition) is 1. The van der Waals surface area contributed by atoms with Gasteiger partial charge in [0, 0.05) is 57.2 Å². The first kappa shape index (κ1) is 16.7. The second kappa shape index (κ2) is 8.11. The van der Waals surface area contributed by atoms with Crippen LogP contribution in [0.4, 0.5) is 0 Å². The van der Waals surface area contributed by atoms with Crippen molar-refractivity contribution in [2.75, 3.05) is 40.4 Å². The van der Waals surface area contributed by atoms with Gasteiger partial charge in [0.1, 0.15) is 0 Å². The number of methoxy groups -OCH3 is 1. The van der Waals surface area contributed by atoms with Gasteiger partial charge in [-0.1, -0.05) is 24.3 Å². The number of ether oxygens (including phenoxy) is 1. The highest BCUT2D eigenvalue weighted by Crippen LogP contribution is 2.16. The van der Waals surface area contributed by atoms with E-state index in [9.17, 15) is 0 Å². The highest BCUT2D eigenvalue weighted by molar-refractivity contribution is 5.80. The fraction of sp³-hybridized carbons (Fsp3) is 0.474. The van der Waals surface area contributed by atoms with Crippen molar-refractivity contribution in [3.63, 3.8) is 0 Å². The van der Waals surface area contributed by atoms with Crippen LogP contribution >= 0.6 is 0 Å². The van der Waals surface area contributed by atoms with Gasteiger partial charge in [-0.3, -0.25) is 9.98 Å². The van der Waals surface area contributed by atoms with Gasteiger partial charge in [0.05, 0.1) is 12.1 Å². The zero-order valence-corrected chi connectivity index (χ0v) is 14.5. The fourth-order valence-corrected chi connectivity index (χ4v) is 3.28. The van der Waals surface area contributed by atoms with E-state index in [0.717, 1.165) is 49.8 Å². The molecule has 0 bridgehead atoms. The summed E-state index contributed by atoms with van der Waals surface area (Å²) < 4.78 is 5.27. The van der Waals surface area contributed by atoms with E-state index >= 15 is 0 Å². The van der Waals surface area contributed by atoms with Gasteiger partial charge in [-0.2, -0.15) is 0 Å². The Morgan fingerprint density at radius 3 is 3.04 bits per heavy atom. The molecule has 0 radical (unpaired) electrons. The largest absolute Gasteiger partial charge is 0.384 e. The van der Waals surface area contributed by atoms with Gasteiger partial charge in [-0.25, -0.2) is 0 Å². The van der Waals surface area contributed by atoms with Crippen molar-refractivity contribution in [1.82, 2.24) is 15.2 Å². The molecule has 1 aliphatic rings. The van der Waals surface area contributed by atoms with Gasteiger partial charge in [0.15, 0.2) is 5.96 Å². The first-order chi connectivity index (χ1) is 11.8. The lowest BCUT2D eigenvalue weighted by Gasteiger charge is -2.21. The predicted octanol–water partition coefficient (Wildman–Crippen LogP) is 2.32. The maximum atomic E-state index is 5.27. The predicted molar refractivity (Wildman–Crippen MR) is 98.4 cm³/mol. The molecule has 1 aromatic heterocycles. The summed E-state index contributed by atoms with van der Waals surface area (Å²) in [5.41, 5.74) is 2.16. The van der Waals surface area contributed by atoms with Crippen molar-refractivity contribution in [1.29, 1.82) is 0 Å². The number of pyridine rings is 1. The number of aliphatic imine (C=N–C) groups is 1. The van der Waals surface area contributed by atoms with E-state index in [2.05, 4.69) is 39.5 Å². The maximum Gasteiger partial charge on any atom is 0.193 e. The molecule has 1 aromatic carbocycles. The first-order valence-corrected chi connectivity index (χ1v) is 8.59. The minimum atomic E-state index is 0.607. The van der Waals surface area contributed by atoms with Crippen LogP contribution in [0.25, 0.3) is 10.9 Å². The lowest BCUT2D eigenvalue weighted by atomic mass is 10.1. The molecule has 1 N–H and O–H groups in total. The van der Waals surface area contributed by atoms with Gasteiger partial charge in [-0.15, -0.1) is 0 Å². The number of guanidine groups is 1. The van der Waals surface area contributed by atoms with Crippen molar-refractivity contribution in [2.24, 2.45) is 10.9 Å². The summed E-state index contributed by atoms with van der Waals surface area (Å²) in [6.07, 6.45) is 2.06. The molecule has 5 heteroatoms. The SMILES string of the molecule is CN=C(NCCc1ccc2ccccc2n1)N1CCC(COC)C1. The number of fused-ring (bicyclic) bond motifs is 1. The number of aromatic nitrogens is 1. The number of rotatable bonds is 5.